The van der Waals surface area contributed by atoms with E-state index in [0.29, 0.717) is 11.9 Å². The minimum atomic E-state index is -3.79. The number of sulfone groups is 1. The molecule has 7 heteroatoms. The smallest absolute Gasteiger partial charge is 0.243 e. The summed E-state index contributed by atoms with van der Waals surface area (Å²) in [5.74, 6) is 0.0127. The molecule has 6 nitrogen and oxygen atoms in total. The largest absolute Gasteiger partial charge is 0.313 e. The van der Waals surface area contributed by atoms with E-state index in [2.05, 4.69) is 10.1 Å². The first-order valence-corrected chi connectivity index (χ1v) is 9.18. The second-order valence-electron chi connectivity index (χ2n) is 5.51. The molecule has 0 aliphatic heterocycles. The Morgan fingerprint density at radius 2 is 1.96 bits per heavy atom. The number of para-hydroxylation sites is 1. The summed E-state index contributed by atoms with van der Waals surface area (Å²) in [5.41, 5.74) is 0.743. The molecule has 3 rings (SSSR count). The van der Waals surface area contributed by atoms with Crippen LogP contribution in [0.15, 0.2) is 58.7 Å². The average molecular weight is 342 g/mol. The Labute approximate surface area is 140 Å². The zero-order valence-corrected chi connectivity index (χ0v) is 14.1. The van der Waals surface area contributed by atoms with Gasteiger partial charge in [-0.25, -0.2) is 13.4 Å². The van der Waals surface area contributed by atoms with Crippen LogP contribution >= 0.6 is 0 Å². The van der Waals surface area contributed by atoms with Crippen molar-refractivity contribution in [1.29, 1.82) is 5.41 Å². The van der Waals surface area contributed by atoms with E-state index in [1.807, 2.05) is 19.1 Å². The van der Waals surface area contributed by atoms with Gasteiger partial charge in [0, 0.05) is 30.3 Å². The van der Waals surface area contributed by atoms with Gasteiger partial charge in [0.1, 0.15) is 0 Å². The number of rotatable bonds is 6. The monoisotopic (exact) mass is 342 g/mol. The van der Waals surface area contributed by atoms with E-state index in [1.165, 1.54) is 18.5 Å². The lowest BCUT2D eigenvalue weighted by atomic mass is 10.1. The molecule has 1 N–H and O–H groups in total. The molecule has 3 aromatic rings. The van der Waals surface area contributed by atoms with Gasteiger partial charge in [-0.15, -0.1) is 0 Å². The second kappa shape index (κ2) is 6.52. The van der Waals surface area contributed by atoms with Gasteiger partial charge in [-0.05, 0) is 30.7 Å². The molecule has 124 valence electrons. The van der Waals surface area contributed by atoms with Crippen LogP contribution in [0, 0.1) is 11.3 Å². The lowest BCUT2D eigenvalue weighted by Crippen LogP contribution is -2.13. The number of benzene rings is 1. The standard InChI is InChI=1S/C17H18N4O2S/c1-2-13(11-18)12-21-15-8-4-3-7-14(15)17(20-21)24(22,23)16-9-5-6-10-19-16/h3-11,13,18H,2,12H2,1H3. The Morgan fingerprint density at radius 3 is 2.62 bits per heavy atom. The van der Waals surface area contributed by atoms with E-state index >= 15 is 0 Å². The first kappa shape index (κ1) is 16.3. The van der Waals surface area contributed by atoms with E-state index in [4.69, 9.17) is 5.41 Å². The Hall–Kier alpha value is -2.54. The maximum Gasteiger partial charge on any atom is 0.243 e. The number of aromatic nitrogens is 3. The number of nitrogens with one attached hydrogen (secondary N) is 1. The zero-order chi connectivity index (χ0) is 17.2. The molecule has 1 aromatic carbocycles. The topological polar surface area (TPSA) is 88.7 Å². The third kappa shape index (κ3) is 2.82. The van der Waals surface area contributed by atoms with Crippen molar-refractivity contribution in [3.05, 3.63) is 48.7 Å². The summed E-state index contributed by atoms with van der Waals surface area (Å²) in [6.45, 7) is 2.46. The molecular formula is C17H18N4O2S. The van der Waals surface area contributed by atoms with Crippen molar-refractivity contribution in [1.82, 2.24) is 14.8 Å². The number of hydrogen-bond donors (Lipinski definition) is 1. The van der Waals surface area contributed by atoms with Crippen molar-refractivity contribution in [2.24, 2.45) is 5.92 Å². The quantitative estimate of drug-likeness (QED) is 0.698. The predicted octanol–water partition coefficient (Wildman–Crippen LogP) is 2.94. The maximum absolute atomic E-state index is 12.9. The minimum absolute atomic E-state index is 0.0108. The second-order valence-corrected chi connectivity index (χ2v) is 7.32. The van der Waals surface area contributed by atoms with E-state index < -0.39 is 9.84 Å². The average Bonchev–Trinajstić information content (AvgIpc) is 3.00. The van der Waals surface area contributed by atoms with Crippen LogP contribution in [0.5, 0.6) is 0 Å². The van der Waals surface area contributed by atoms with Gasteiger partial charge < -0.3 is 5.41 Å². The number of pyridine rings is 1. The summed E-state index contributed by atoms with van der Waals surface area (Å²) in [4.78, 5) is 3.96. The number of nitrogens with zero attached hydrogens (tertiary/aromatic N) is 3. The summed E-state index contributed by atoms with van der Waals surface area (Å²) in [7, 11) is -3.79. The van der Waals surface area contributed by atoms with Crippen LogP contribution in [0.25, 0.3) is 10.9 Å². The number of hydrogen-bond acceptors (Lipinski definition) is 5. The van der Waals surface area contributed by atoms with Gasteiger partial charge in [0.15, 0.2) is 10.1 Å². The molecule has 0 fully saturated rings. The molecule has 2 aromatic heterocycles. The predicted molar refractivity (Wildman–Crippen MR) is 92.0 cm³/mol. The fourth-order valence-electron chi connectivity index (χ4n) is 2.56. The van der Waals surface area contributed by atoms with Crippen LogP contribution in [0.1, 0.15) is 13.3 Å². The number of fused-ring (bicyclic) bond motifs is 1. The molecular weight excluding hydrogens is 324 g/mol. The van der Waals surface area contributed by atoms with Crippen LogP contribution in [0.2, 0.25) is 0 Å². The van der Waals surface area contributed by atoms with Crippen molar-refractivity contribution in [2.75, 3.05) is 0 Å². The van der Waals surface area contributed by atoms with Gasteiger partial charge in [0.25, 0.3) is 0 Å². The summed E-state index contributed by atoms with van der Waals surface area (Å²) in [6.07, 6.45) is 3.62. The highest BCUT2D eigenvalue weighted by atomic mass is 32.2. The highest BCUT2D eigenvalue weighted by Gasteiger charge is 2.26. The highest BCUT2D eigenvalue weighted by Crippen LogP contribution is 2.27. The lowest BCUT2D eigenvalue weighted by molar-refractivity contribution is 0.507. The van der Waals surface area contributed by atoms with Crippen LogP contribution in [-0.2, 0) is 16.4 Å². The fourth-order valence-corrected chi connectivity index (χ4v) is 3.89. The fraction of sp³-hybridized carbons (Fsp3) is 0.235. The molecule has 1 atom stereocenters. The molecule has 0 saturated carbocycles. The van der Waals surface area contributed by atoms with Gasteiger partial charge in [0.05, 0.1) is 5.52 Å². The summed E-state index contributed by atoms with van der Waals surface area (Å²) in [5, 5.41) is 12.4. The molecule has 0 aliphatic rings. The molecule has 0 aliphatic carbocycles. The van der Waals surface area contributed by atoms with Crippen molar-refractivity contribution in [3.63, 3.8) is 0 Å². The minimum Gasteiger partial charge on any atom is -0.313 e. The third-order valence-corrected chi connectivity index (χ3v) is 5.56. The Bertz CT molecular complexity index is 965. The molecule has 0 amide bonds. The molecule has 1 unspecified atom stereocenters. The van der Waals surface area contributed by atoms with E-state index in [-0.39, 0.29) is 16.0 Å². The van der Waals surface area contributed by atoms with Crippen LogP contribution < -0.4 is 0 Å². The van der Waals surface area contributed by atoms with Crippen LogP contribution in [-0.4, -0.2) is 29.4 Å². The van der Waals surface area contributed by atoms with Gasteiger partial charge in [-0.2, -0.15) is 5.10 Å². The summed E-state index contributed by atoms with van der Waals surface area (Å²) >= 11 is 0. The molecule has 24 heavy (non-hydrogen) atoms. The normalized spacial score (nSPS) is 13.0. The summed E-state index contributed by atoms with van der Waals surface area (Å²) in [6, 6.07) is 12.0. The zero-order valence-electron chi connectivity index (χ0n) is 13.3. The first-order valence-electron chi connectivity index (χ1n) is 7.70. The Morgan fingerprint density at radius 1 is 1.21 bits per heavy atom. The molecule has 0 spiro atoms. The van der Waals surface area contributed by atoms with Gasteiger partial charge in [0.2, 0.25) is 9.84 Å². The van der Waals surface area contributed by atoms with Crippen molar-refractivity contribution in [3.8, 4) is 0 Å². The molecule has 0 saturated heterocycles. The van der Waals surface area contributed by atoms with Crippen molar-refractivity contribution >= 4 is 27.0 Å². The molecule has 0 radical (unpaired) electrons. The SMILES string of the molecule is CCC(C=N)Cn1nc(S(=O)(=O)c2ccccn2)c2ccccc21. The van der Waals surface area contributed by atoms with Gasteiger partial charge in [-0.3, -0.25) is 4.68 Å². The van der Waals surface area contributed by atoms with Crippen molar-refractivity contribution in [2.45, 2.75) is 29.9 Å². The van der Waals surface area contributed by atoms with Crippen LogP contribution in [0.4, 0.5) is 0 Å². The van der Waals surface area contributed by atoms with Crippen LogP contribution in [0.3, 0.4) is 0 Å². The first-order chi connectivity index (χ1) is 11.6. The van der Waals surface area contributed by atoms with E-state index in [0.717, 1.165) is 11.9 Å². The maximum atomic E-state index is 12.9. The van der Waals surface area contributed by atoms with Crippen molar-refractivity contribution < 1.29 is 8.42 Å². The Kier molecular flexibility index (Phi) is 4.44. The molecule has 2 heterocycles. The van der Waals surface area contributed by atoms with Gasteiger partial charge >= 0.3 is 0 Å². The van der Waals surface area contributed by atoms with E-state index in [9.17, 15) is 8.42 Å². The van der Waals surface area contributed by atoms with Gasteiger partial charge in [-0.1, -0.05) is 25.1 Å². The highest BCUT2D eigenvalue weighted by molar-refractivity contribution is 7.91. The van der Waals surface area contributed by atoms with E-state index in [1.54, 1.807) is 28.9 Å². The third-order valence-electron chi connectivity index (χ3n) is 3.96. The molecule has 0 bridgehead atoms. The summed E-state index contributed by atoms with van der Waals surface area (Å²) < 4.78 is 27.5. The lowest BCUT2D eigenvalue weighted by Gasteiger charge is -2.09. The Balaban J connectivity index is 2.18.